The molecule has 0 saturated carbocycles. The quantitative estimate of drug-likeness (QED) is 0.713. The van der Waals surface area contributed by atoms with E-state index >= 15 is 0 Å². The molecule has 1 N–H and O–H groups in total. The van der Waals surface area contributed by atoms with E-state index in [0.717, 1.165) is 39.3 Å². The summed E-state index contributed by atoms with van der Waals surface area (Å²) in [7, 11) is 0. The molecule has 0 aliphatic rings. The zero-order valence-corrected chi connectivity index (χ0v) is 13.7. The van der Waals surface area contributed by atoms with Crippen molar-refractivity contribution in [2.75, 3.05) is 26.2 Å². The number of benzene rings is 1. The van der Waals surface area contributed by atoms with Gasteiger partial charge in [-0.15, -0.1) is 0 Å². The van der Waals surface area contributed by atoms with Crippen LogP contribution in [0.1, 0.15) is 32.8 Å². The lowest BCUT2D eigenvalue weighted by atomic mass is 10.1. The molecular formula is C18H29N3. The molecule has 21 heavy (non-hydrogen) atoms. The van der Waals surface area contributed by atoms with E-state index in [2.05, 4.69) is 66.0 Å². The van der Waals surface area contributed by atoms with Crippen molar-refractivity contribution in [2.24, 2.45) is 0 Å². The third kappa shape index (κ3) is 4.08. The minimum atomic E-state index is 0.964. The summed E-state index contributed by atoms with van der Waals surface area (Å²) in [6.45, 7) is 13.2. The van der Waals surface area contributed by atoms with Crippen LogP contribution >= 0.6 is 0 Å². The van der Waals surface area contributed by atoms with Crippen LogP contribution in [0.15, 0.2) is 30.5 Å². The van der Waals surface area contributed by atoms with Gasteiger partial charge in [0.05, 0.1) is 0 Å². The van der Waals surface area contributed by atoms with E-state index in [9.17, 15) is 0 Å². The van der Waals surface area contributed by atoms with Crippen LogP contribution in [0.25, 0.3) is 10.9 Å². The molecule has 116 valence electrons. The van der Waals surface area contributed by atoms with Crippen molar-refractivity contribution in [1.29, 1.82) is 0 Å². The Labute approximate surface area is 128 Å². The minimum Gasteiger partial charge on any atom is -0.346 e. The number of hydrogen-bond donors (Lipinski definition) is 1. The van der Waals surface area contributed by atoms with Gasteiger partial charge in [-0.3, -0.25) is 0 Å². The van der Waals surface area contributed by atoms with E-state index in [4.69, 9.17) is 0 Å². The van der Waals surface area contributed by atoms with Crippen molar-refractivity contribution in [3.63, 3.8) is 0 Å². The highest BCUT2D eigenvalue weighted by Crippen LogP contribution is 2.20. The van der Waals surface area contributed by atoms with Crippen molar-refractivity contribution < 1.29 is 0 Å². The number of hydrogen-bond acceptors (Lipinski definition) is 2. The van der Waals surface area contributed by atoms with Gasteiger partial charge in [-0.05, 0) is 43.8 Å². The first kappa shape index (κ1) is 16.1. The first-order chi connectivity index (χ1) is 10.3. The number of rotatable bonds is 9. The molecule has 3 nitrogen and oxygen atoms in total. The molecule has 0 saturated heterocycles. The van der Waals surface area contributed by atoms with E-state index in [1.54, 1.807) is 0 Å². The van der Waals surface area contributed by atoms with Gasteiger partial charge >= 0.3 is 0 Å². The van der Waals surface area contributed by atoms with Crippen LogP contribution in [0.5, 0.6) is 0 Å². The largest absolute Gasteiger partial charge is 0.346 e. The summed E-state index contributed by atoms with van der Waals surface area (Å²) < 4.78 is 2.39. The zero-order chi connectivity index (χ0) is 15.1. The average Bonchev–Trinajstić information content (AvgIpc) is 2.93. The molecule has 0 atom stereocenters. The molecule has 0 fully saturated rings. The Balaban J connectivity index is 2.10. The number of nitrogens with zero attached hydrogens (tertiary/aromatic N) is 2. The third-order valence-electron chi connectivity index (χ3n) is 4.20. The lowest BCUT2D eigenvalue weighted by Gasteiger charge is -2.18. The Morgan fingerprint density at radius 1 is 1.10 bits per heavy atom. The topological polar surface area (TPSA) is 20.2 Å². The molecule has 0 unspecified atom stereocenters. The Morgan fingerprint density at radius 2 is 1.90 bits per heavy atom. The highest BCUT2D eigenvalue weighted by Gasteiger charge is 2.06. The molecule has 1 aromatic carbocycles. The van der Waals surface area contributed by atoms with Crippen molar-refractivity contribution in [1.82, 2.24) is 14.8 Å². The van der Waals surface area contributed by atoms with Gasteiger partial charge in [-0.25, -0.2) is 0 Å². The van der Waals surface area contributed by atoms with Crippen LogP contribution in [0, 0.1) is 0 Å². The molecule has 2 rings (SSSR count). The lowest BCUT2D eigenvalue weighted by Crippen LogP contribution is -2.26. The first-order valence-corrected chi connectivity index (χ1v) is 8.29. The molecule has 0 amide bonds. The SMILES string of the molecule is CCCNCc1cccc2c1ccn2CCN(CC)CC. The minimum absolute atomic E-state index is 0.964. The van der Waals surface area contributed by atoms with E-state index in [-0.39, 0.29) is 0 Å². The van der Waals surface area contributed by atoms with Crippen molar-refractivity contribution >= 4 is 10.9 Å². The molecule has 0 spiro atoms. The van der Waals surface area contributed by atoms with Gasteiger partial charge < -0.3 is 14.8 Å². The molecule has 1 heterocycles. The molecule has 1 aromatic heterocycles. The monoisotopic (exact) mass is 287 g/mol. The van der Waals surface area contributed by atoms with Crippen LogP contribution in [-0.2, 0) is 13.1 Å². The smallest absolute Gasteiger partial charge is 0.0483 e. The summed E-state index contributed by atoms with van der Waals surface area (Å²) >= 11 is 0. The van der Waals surface area contributed by atoms with Crippen LogP contribution in [0.4, 0.5) is 0 Å². The number of nitrogens with one attached hydrogen (secondary N) is 1. The zero-order valence-electron chi connectivity index (χ0n) is 13.7. The molecule has 2 aromatic rings. The molecule has 3 heteroatoms. The molecule has 0 aliphatic carbocycles. The van der Waals surface area contributed by atoms with Crippen LogP contribution < -0.4 is 5.32 Å². The summed E-state index contributed by atoms with van der Waals surface area (Å²) in [5, 5.41) is 4.89. The second kappa shape index (κ2) is 8.20. The van der Waals surface area contributed by atoms with Gasteiger partial charge in [0, 0.05) is 36.7 Å². The molecule has 0 aliphatic heterocycles. The van der Waals surface area contributed by atoms with E-state index < -0.39 is 0 Å². The fourth-order valence-corrected chi connectivity index (χ4v) is 2.83. The Hall–Kier alpha value is -1.32. The van der Waals surface area contributed by atoms with Gasteiger partial charge in [0.25, 0.3) is 0 Å². The number of fused-ring (bicyclic) bond motifs is 1. The second-order valence-corrected chi connectivity index (χ2v) is 5.56. The van der Waals surface area contributed by atoms with Crippen molar-refractivity contribution in [2.45, 2.75) is 40.3 Å². The van der Waals surface area contributed by atoms with E-state index in [0.29, 0.717) is 0 Å². The highest BCUT2D eigenvalue weighted by molar-refractivity contribution is 5.83. The Morgan fingerprint density at radius 3 is 2.62 bits per heavy atom. The lowest BCUT2D eigenvalue weighted by molar-refractivity contribution is 0.292. The maximum atomic E-state index is 3.50. The van der Waals surface area contributed by atoms with Crippen molar-refractivity contribution in [3.8, 4) is 0 Å². The van der Waals surface area contributed by atoms with Crippen LogP contribution in [-0.4, -0.2) is 35.6 Å². The number of aromatic nitrogens is 1. The van der Waals surface area contributed by atoms with Gasteiger partial charge in [0.2, 0.25) is 0 Å². The van der Waals surface area contributed by atoms with Crippen LogP contribution in [0.2, 0.25) is 0 Å². The predicted octanol–water partition coefficient (Wildman–Crippen LogP) is 3.48. The molecule has 0 bridgehead atoms. The summed E-state index contributed by atoms with van der Waals surface area (Å²) in [6.07, 6.45) is 3.42. The fraction of sp³-hybridized carbons (Fsp3) is 0.556. The second-order valence-electron chi connectivity index (χ2n) is 5.56. The third-order valence-corrected chi connectivity index (χ3v) is 4.20. The van der Waals surface area contributed by atoms with Gasteiger partial charge in [0.15, 0.2) is 0 Å². The van der Waals surface area contributed by atoms with Crippen molar-refractivity contribution in [3.05, 3.63) is 36.0 Å². The van der Waals surface area contributed by atoms with Gasteiger partial charge in [-0.2, -0.15) is 0 Å². The first-order valence-electron chi connectivity index (χ1n) is 8.29. The fourth-order valence-electron chi connectivity index (χ4n) is 2.83. The summed E-state index contributed by atoms with van der Waals surface area (Å²) in [6, 6.07) is 8.92. The Kier molecular flexibility index (Phi) is 6.27. The molecular weight excluding hydrogens is 258 g/mol. The van der Waals surface area contributed by atoms with Gasteiger partial charge in [-0.1, -0.05) is 32.9 Å². The summed E-state index contributed by atoms with van der Waals surface area (Å²) in [4.78, 5) is 2.47. The highest BCUT2D eigenvalue weighted by atomic mass is 15.1. The van der Waals surface area contributed by atoms with E-state index in [1.807, 2.05) is 0 Å². The standard InChI is InChI=1S/C18H29N3/c1-4-11-19-15-16-8-7-9-18-17(16)10-12-21(18)14-13-20(5-2)6-3/h7-10,12,19H,4-6,11,13-15H2,1-3H3. The molecule has 0 radical (unpaired) electrons. The maximum absolute atomic E-state index is 3.50. The maximum Gasteiger partial charge on any atom is 0.0483 e. The average molecular weight is 287 g/mol. The normalized spacial score (nSPS) is 11.6. The number of likely N-dealkylation sites (N-methyl/N-ethyl adjacent to an activating group) is 1. The van der Waals surface area contributed by atoms with Gasteiger partial charge in [0.1, 0.15) is 0 Å². The summed E-state index contributed by atoms with van der Waals surface area (Å²) in [5.41, 5.74) is 2.76. The Bertz CT molecular complexity index is 540. The summed E-state index contributed by atoms with van der Waals surface area (Å²) in [5.74, 6) is 0. The van der Waals surface area contributed by atoms with Crippen LogP contribution in [0.3, 0.4) is 0 Å². The van der Waals surface area contributed by atoms with E-state index in [1.165, 1.54) is 22.9 Å². The predicted molar refractivity (Wildman–Crippen MR) is 91.7 cm³/mol.